The average Bonchev–Trinajstić information content (AvgIpc) is 3.45. The molecule has 1 saturated heterocycles. The number of imide groups is 1. The van der Waals surface area contributed by atoms with Gasteiger partial charge in [0.25, 0.3) is 18.0 Å². The number of carbonyl (C=O) groups is 3. The van der Waals surface area contributed by atoms with E-state index in [0.717, 1.165) is 20.8 Å². The van der Waals surface area contributed by atoms with Crippen LogP contribution < -0.4 is 15.7 Å². The van der Waals surface area contributed by atoms with Crippen LogP contribution in [0.4, 0.5) is 9.18 Å². The van der Waals surface area contributed by atoms with Gasteiger partial charge in [-0.25, -0.2) is 14.1 Å². The summed E-state index contributed by atoms with van der Waals surface area (Å²) in [5.74, 6) is -5.64. The number of alkyl halides is 3. The molecule has 4 rings (SSSR count). The Morgan fingerprint density at radius 2 is 1.50 bits per heavy atom. The third-order valence-corrected chi connectivity index (χ3v) is 14.3. The molecule has 1 aliphatic heterocycles. The predicted octanol–water partition coefficient (Wildman–Crippen LogP) is 7.16. The van der Waals surface area contributed by atoms with Crippen LogP contribution in [0.2, 0.25) is 5.04 Å². The number of hydrogen-bond donors (Lipinski definition) is 2. The number of hydrogen-bond acceptors (Lipinski definition) is 6. The highest BCUT2D eigenvalue weighted by Gasteiger charge is 2.50. The van der Waals surface area contributed by atoms with Gasteiger partial charge in [-0.15, -0.1) is 0 Å². The zero-order valence-electron chi connectivity index (χ0n) is 28.4. The van der Waals surface area contributed by atoms with E-state index >= 15 is 4.39 Å². The lowest BCUT2D eigenvalue weighted by Crippen LogP contribution is -2.66. The van der Waals surface area contributed by atoms with Gasteiger partial charge in [-0.1, -0.05) is 147 Å². The van der Waals surface area contributed by atoms with E-state index in [1.807, 2.05) is 91.0 Å². The number of amides is 3. The van der Waals surface area contributed by atoms with E-state index in [1.54, 1.807) is 0 Å². The highest BCUT2D eigenvalue weighted by Crippen LogP contribution is 2.37. The van der Waals surface area contributed by atoms with Crippen molar-refractivity contribution in [3.8, 4) is 0 Å². The Morgan fingerprint density at radius 3 is 2.00 bits per heavy atom. The molecule has 2 N–H and O–H groups in total. The Hall–Kier alpha value is -3.41. The minimum Gasteiger partial charge on any atom is -0.509 e. The summed E-state index contributed by atoms with van der Waals surface area (Å²) in [6.45, 7) is 7.76. The molecule has 50 heavy (non-hydrogen) atoms. The summed E-state index contributed by atoms with van der Waals surface area (Å²) in [6.07, 6.45) is -0.442. The summed E-state index contributed by atoms with van der Waals surface area (Å²) < 4.78 is 25.8. The van der Waals surface area contributed by atoms with Crippen molar-refractivity contribution in [2.45, 2.75) is 67.9 Å². The van der Waals surface area contributed by atoms with Crippen molar-refractivity contribution in [3.63, 3.8) is 0 Å². The molecular weight excluding hydrogens is 722 g/mol. The monoisotopic (exact) mass is 762 g/mol. The van der Waals surface area contributed by atoms with Crippen LogP contribution in [0.1, 0.15) is 46.1 Å². The fraction of sp³-hybridized carbons (Fsp3) is 0.378. The molecule has 3 amide bonds. The van der Waals surface area contributed by atoms with Gasteiger partial charge in [-0.05, 0) is 47.2 Å². The van der Waals surface area contributed by atoms with Gasteiger partial charge in [0, 0.05) is 6.61 Å². The summed E-state index contributed by atoms with van der Waals surface area (Å²) >= 11 is 17.4. The van der Waals surface area contributed by atoms with Crippen LogP contribution >= 0.6 is 34.8 Å². The molecule has 0 aliphatic carbocycles. The number of aliphatic hydroxyl groups excluding tert-OH is 1. The maximum Gasteiger partial charge on any atom is 0.417 e. The fourth-order valence-electron chi connectivity index (χ4n) is 6.25. The molecule has 1 fully saturated rings. The summed E-state index contributed by atoms with van der Waals surface area (Å²) in [7, 11) is -2.92. The number of aliphatic hydroxyl groups is 1. The molecule has 3 atom stereocenters. The van der Waals surface area contributed by atoms with Gasteiger partial charge in [0.2, 0.25) is 5.91 Å². The Morgan fingerprint density at radius 1 is 0.980 bits per heavy atom. The molecule has 1 aliphatic rings. The van der Waals surface area contributed by atoms with Gasteiger partial charge in [0.1, 0.15) is 12.4 Å². The first-order valence-electron chi connectivity index (χ1n) is 16.3. The maximum absolute atomic E-state index is 16.2. The minimum atomic E-state index is -2.92. The van der Waals surface area contributed by atoms with Crippen LogP contribution in [-0.4, -0.2) is 65.3 Å². The van der Waals surface area contributed by atoms with Crippen molar-refractivity contribution in [1.29, 1.82) is 0 Å². The molecule has 8 nitrogen and oxygen atoms in total. The van der Waals surface area contributed by atoms with Gasteiger partial charge >= 0.3 is 6.09 Å². The Bertz CT molecular complexity index is 1610. The first-order valence-corrected chi connectivity index (χ1v) is 19.4. The fourth-order valence-corrected chi connectivity index (χ4v) is 11.0. The number of nitrogens with one attached hydrogen (secondary N) is 1. The number of halogens is 4. The lowest BCUT2D eigenvalue weighted by atomic mass is 10.0. The van der Waals surface area contributed by atoms with Crippen LogP contribution in [-0.2, 0) is 25.2 Å². The second kappa shape index (κ2) is 16.7. The third-order valence-electron chi connectivity index (χ3n) is 8.78. The molecule has 0 bridgehead atoms. The maximum atomic E-state index is 16.2. The number of ether oxygens (including phenoxy) is 1. The van der Waals surface area contributed by atoms with Crippen LogP contribution in [0.15, 0.2) is 103 Å². The number of cyclic esters (lactones) is 1. The van der Waals surface area contributed by atoms with E-state index in [9.17, 15) is 19.5 Å². The van der Waals surface area contributed by atoms with Crippen LogP contribution in [0.5, 0.6) is 0 Å². The van der Waals surface area contributed by atoms with E-state index in [2.05, 4.69) is 26.1 Å². The Kier molecular flexibility index (Phi) is 13.2. The number of rotatable bonds is 13. The minimum absolute atomic E-state index is 0.0492. The van der Waals surface area contributed by atoms with E-state index in [1.165, 1.54) is 6.92 Å². The SMILES string of the molecule is C[C@@H](C(=O)N1C(=O)OC[C@H]1Cc1ccccc1)/C(O)=C(/F)[C@H](CCCO[Si](c1ccccc1)(c1ccccc1)C(C)(C)C)NC(=O)C(Cl)(Cl)Cl. The van der Waals surface area contributed by atoms with Crippen molar-refractivity contribution in [2.24, 2.45) is 5.92 Å². The van der Waals surface area contributed by atoms with Crippen LogP contribution in [0.25, 0.3) is 0 Å². The van der Waals surface area contributed by atoms with Crippen LogP contribution in [0.3, 0.4) is 0 Å². The molecule has 13 heteroatoms. The molecule has 1 heterocycles. The first kappa shape index (κ1) is 39.4. The van der Waals surface area contributed by atoms with Crippen molar-refractivity contribution in [1.82, 2.24) is 10.2 Å². The van der Waals surface area contributed by atoms with Crippen molar-refractivity contribution in [3.05, 3.63) is 108 Å². The van der Waals surface area contributed by atoms with E-state index in [-0.39, 0.29) is 31.1 Å². The molecule has 0 spiro atoms. The van der Waals surface area contributed by atoms with Gasteiger partial charge < -0.3 is 19.6 Å². The predicted molar refractivity (Wildman–Crippen MR) is 197 cm³/mol. The quantitative estimate of drug-likeness (QED) is 0.0829. The molecule has 3 aromatic rings. The average molecular weight is 764 g/mol. The highest BCUT2D eigenvalue weighted by atomic mass is 35.6. The van der Waals surface area contributed by atoms with Gasteiger partial charge in [-0.2, -0.15) is 0 Å². The zero-order valence-corrected chi connectivity index (χ0v) is 31.6. The van der Waals surface area contributed by atoms with Crippen LogP contribution in [0, 0.1) is 5.92 Å². The van der Waals surface area contributed by atoms with Crippen molar-refractivity contribution < 1.29 is 33.0 Å². The second-order valence-corrected chi connectivity index (χ2v) is 19.8. The Labute approximate surface area is 308 Å². The smallest absolute Gasteiger partial charge is 0.417 e. The number of carbonyl (C=O) groups excluding carboxylic acids is 3. The topological polar surface area (TPSA) is 105 Å². The summed E-state index contributed by atoms with van der Waals surface area (Å²) in [6, 6.07) is 27.0. The molecule has 0 radical (unpaired) electrons. The lowest BCUT2D eigenvalue weighted by molar-refractivity contribution is -0.132. The molecule has 3 aromatic carbocycles. The van der Waals surface area contributed by atoms with Gasteiger partial charge in [0.15, 0.2) is 5.83 Å². The lowest BCUT2D eigenvalue weighted by Gasteiger charge is -2.43. The first-order chi connectivity index (χ1) is 23.6. The summed E-state index contributed by atoms with van der Waals surface area (Å²) in [5, 5.41) is 15.2. The normalized spacial score (nSPS) is 17.1. The standard InChI is InChI=1S/C37H42Cl3FN2O6Si/c1-25(33(45)43-27(24-48-35(43)47)23-26-15-8-5-9-16-26)32(44)31(41)30(42-34(46)37(38,39)40)21-14-22-49-50(36(2,3)4,28-17-10-6-11-18-28)29-19-12-7-13-20-29/h5-13,15-20,25,27,30,44H,14,21-24H2,1-4H3,(H,42,46)/b32-31-/t25-,27-,30+/m1/s1. The van der Waals surface area contributed by atoms with E-state index in [0.29, 0.717) is 6.42 Å². The van der Waals surface area contributed by atoms with E-state index < -0.39 is 59.6 Å². The molecule has 0 saturated carbocycles. The molecule has 0 aromatic heterocycles. The second-order valence-electron chi connectivity index (χ2n) is 13.3. The number of nitrogens with zero attached hydrogens (tertiary/aromatic N) is 1. The number of benzene rings is 3. The van der Waals surface area contributed by atoms with Crippen molar-refractivity contribution in [2.75, 3.05) is 13.2 Å². The zero-order chi connectivity index (χ0) is 36.7. The van der Waals surface area contributed by atoms with Crippen molar-refractivity contribution >= 4 is 71.4 Å². The highest BCUT2D eigenvalue weighted by molar-refractivity contribution is 6.99. The molecule has 0 unspecified atom stereocenters. The van der Waals surface area contributed by atoms with Gasteiger partial charge in [-0.3, -0.25) is 9.59 Å². The summed E-state index contributed by atoms with van der Waals surface area (Å²) in [5.41, 5.74) is 0.863. The van der Waals surface area contributed by atoms with E-state index in [4.69, 9.17) is 44.0 Å². The largest absolute Gasteiger partial charge is 0.509 e. The van der Waals surface area contributed by atoms with Gasteiger partial charge in [0.05, 0.1) is 18.0 Å². The molecule has 268 valence electrons. The molecular formula is C37H42Cl3FN2O6Si. The Balaban J connectivity index is 1.57. The third kappa shape index (κ3) is 9.08. The summed E-state index contributed by atoms with van der Waals surface area (Å²) in [4.78, 5) is 39.8.